The van der Waals surface area contributed by atoms with E-state index in [0.717, 1.165) is 28.0 Å². The second-order valence-electron chi connectivity index (χ2n) is 4.08. The second-order valence-corrected chi connectivity index (χ2v) is 4.08. The number of fused-ring (bicyclic) bond motifs is 1. The van der Waals surface area contributed by atoms with Gasteiger partial charge in [0.15, 0.2) is 0 Å². The first kappa shape index (κ1) is 11.4. The zero-order valence-corrected chi connectivity index (χ0v) is 10.4. The maximum absolute atomic E-state index is 5.82. The number of hydrogen-bond acceptors (Lipinski definition) is 3. The molecule has 3 aromatic rings. The van der Waals surface area contributed by atoms with Gasteiger partial charge in [-0.15, -0.1) is 6.42 Å². The number of ether oxygens (including phenoxy) is 1. The molecule has 2 aromatic heterocycles. The Bertz CT molecular complexity index is 781. The standard InChI is InChI=1S/C16H11NO2/c1-3-11-10-17-7-6-14(11)16-9-12-8-13(18-2)4-5-15(12)19-16/h1,4-10H,2H3. The van der Waals surface area contributed by atoms with E-state index in [-0.39, 0.29) is 0 Å². The molecule has 1 aromatic carbocycles. The van der Waals surface area contributed by atoms with Crippen LogP contribution >= 0.6 is 0 Å². The monoisotopic (exact) mass is 249 g/mol. The summed E-state index contributed by atoms with van der Waals surface area (Å²) in [6.07, 6.45) is 8.83. The number of rotatable bonds is 2. The summed E-state index contributed by atoms with van der Waals surface area (Å²) in [5.41, 5.74) is 2.39. The van der Waals surface area contributed by atoms with Gasteiger partial charge in [-0.25, -0.2) is 0 Å². The first-order valence-electron chi connectivity index (χ1n) is 5.80. The van der Waals surface area contributed by atoms with Gasteiger partial charge in [-0.1, -0.05) is 5.92 Å². The molecule has 0 saturated heterocycles. The van der Waals surface area contributed by atoms with Crippen LogP contribution in [-0.2, 0) is 0 Å². The van der Waals surface area contributed by atoms with Crippen molar-refractivity contribution in [3.8, 4) is 29.4 Å². The maximum Gasteiger partial charge on any atom is 0.136 e. The normalized spacial score (nSPS) is 10.3. The summed E-state index contributed by atoms with van der Waals surface area (Å²) >= 11 is 0. The minimum Gasteiger partial charge on any atom is -0.497 e. The quantitative estimate of drug-likeness (QED) is 0.652. The summed E-state index contributed by atoms with van der Waals surface area (Å²) < 4.78 is 11.0. The molecule has 0 aliphatic carbocycles. The lowest BCUT2D eigenvalue weighted by Crippen LogP contribution is -1.83. The van der Waals surface area contributed by atoms with E-state index in [9.17, 15) is 0 Å². The van der Waals surface area contributed by atoms with Gasteiger partial charge in [-0.2, -0.15) is 0 Å². The highest BCUT2D eigenvalue weighted by Crippen LogP contribution is 2.31. The largest absolute Gasteiger partial charge is 0.497 e. The first-order valence-corrected chi connectivity index (χ1v) is 5.80. The van der Waals surface area contributed by atoms with E-state index >= 15 is 0 Å². The number of pyridine rings is 1. The fourth-order valence-corrected chi connectivity index (χ4v) is 2.01. The van der Waals surface area contributed by atoms with Crippen LogP contribution in [0.5, 0.6) is 5.75 Å². The SMILES string of the molecule is C#Cc1cnccc1-c1cc2cc(OC)ccc2o1. The van der Waals surface area contributed by atoms with Gasteiger partial charge in [0, 0.05) is 23.3 Å². The summed E-state index contributed by atoms with van der Waals surface area (Å²) in [4.78, 5) is 4.02. The number of terminal acetylenes is 1. The number of methoxy groups -OCH3 is 1. The zero-order valence-electron chi connectivity index (χ0n) is 10.4. The molecular weight excluding hydrogens is 238 g/mol. The van der Waals surface area contributed by atoms with Crippen molar-refractivity contribution in [1.29, 1.82) is 0 Å². The molecule has 0 aliphatic rings. The molecule has 0 N–H and O–H groups in total. The van der Waals surface area contributed by atoms with Crippen molar-refractivity contribution in [1.82, 2.24) is 4.98 Å². The van der Waals surface area contributed by atoms with Gasteiger partial charge in [-0.3, -0.25) is 4.98 Å². The molecule has 3 rings (SSSR count). The summed E-state index contributed by atoms with van der Waals surface area (Å²) in [5, 5.41) is 0.981. The topological polar surface area (TPSA) is 35.3 Å². The zero-order chi connectivity index (χ0) is 13.2. The van der Waals surface area contributed by atoms with E-state index in [1.165, 1.54) is 0 Å². The molecular formula is C16H11NO2. The van der Waals surface area contributed by atoms with Gasteiger partial charge >= 0.3 is 0 Å². The summed E-state index contributed by atoms with van der Waals surface area (Å²) in [6, 6.07) is 9.48. The van der Waals surface area contributed by atoms with Crippen LogP contribution in [0.1, 0.15) is 5.56 Å². The number of aromatic nitrogens is 1. The highest BCUT2D eigenvalue weighted by atomic mass is 16.5. The molecule has 19 heavy (non-hydrogen) atoms. The van der Waals surface area contributed by atoms with Crippen molar-refractivity contribution in [3.63, 3.8) is 0 Å². The summed E-state index contributed by atoms with van der Waals surface area (Å²) in [7, 11) is 1.64. The summed E-state index contributed by atoms with van der Waals surface area (Å²) in [6.45, 7) is 0. The Hall–Kier alpha value is -2.73. The molecule has 0 spiro atoms. The molecule has 92 valence electrons. The van der Waals surface area contributed by atoms with Gasteiger partial charge in [0.1, 0.15) is 17.1 Å². The Morgan fingerprint density at radius 2 is 2.16 bits per heavy atom. The Balaban J connectivity index is 2.18. The summed E-state index contributed by atoms with van der Waals surface area (Å²) in [5.74, 6) is 4.15. The predicted molar refractivity (Wildman–Crippen MR) is 73.9 cm³/mol. The molecule has 3 nitrogen and oxygen atoms in total. The Morgan fingerprint density at radius 3 is 2.95 bits per heavy atom. The molecule has 0 atom stereocenters. The van der Waals surface area contributed by atoms with Crippen LogP contribution in [0.15, 0.2) is 47.1 Å². The van der Waals surface area contributed by atoms with Crippen molar-refractivity contribution in [2.45, 2.75) is 0 Å². The van der Waals surface area contributed by atoms with Crippen LogP contribution in [-0.4, -0.2) is 12.1 Å². The number of furan rings is 1. The highest BCUT2D eigenvalue weighted by molar-refractivity contribution is 5.85. The minimum atomic E-state index is 0.716. The molecule has 3 heteroatoms. The number of nitrogens with zero attached hydrogens (tertiary/aromatic N) is 1. The lowest BCUT2D eigenvalue weighted by Gasteiger charge is -1.98. The van der Waals surface area contributed by atoms with Crippen LogP contribution in [0.2, 0.25) is 0 Å². The van der Waals surface area contributed by atoms with E-state index in [0.29, 0.717) is 5.56 Å². The fraction of sp³-hybridized carbons (Fsp3) is 0.0625. The van der Waals surface area contributed by atoms with Crippen LogP contribution in [0.25, 0.3) is 22.3 Å². The fourth-order valence-electron chi connectivity index (χ4n) is 2.01. The van der Waals surface area contributed by atoms with Crippen LogP contribution in [0, 0.1) is 12.3 Å². The Kier molecular flexibility index (Phi) is 2.70. The van der Waals surface area contributed by atoms with Crippen molar-refractivity contribution in [3.05, 3.63) is 48.3 Å². The van der Waals surface area contributed by atoms with Crippen LogP contribution < -0.4 is 4.74 Å². The number of benzene rings is 1. The van der Waals surface area contributed by atoms with E-state index < -0.39 is 0 Å². The molecule has 0 amide bonds. The predicted octanol–water partition coefficient (Wildman–Crippen LogP) is 3.48. The minimum absolute atomic E-state index is 0.716. The van der Waals surface area contributed by atoms with Crippen LogP contribution in [0.4, 0.5) is 0 Å². The van der Waals surface area contributed by atoms with Crippen molar-refractivity contribution in [2.75, 3.05) is 7.11 Å². The highest BCUT2D eigenvalue weighted by Gasteiger charge is 2.10. The third kappa shape index (κ3) is 1.94. The van der Waals surface area contributed by atoms with Gasteiger partial charge in [-0.05, 0) is 30.3 Å². The average Bonchev–Trinajstić information content (AvgIpc) is 2.89. The van der Waals surface area contributed by atoms with E-state index in [2.05, 4.69) is 10.9 Å². The number of hydrogen-bond donors (Lipinski definition) is 0. The molecule has 0 radical (unpaired) electrons. The Morgan fingerprint density at radius 1 is 1.26 bits per heavy atom. The third-order valence-corrected chi connectivity index (χ3v) is 2.97. The van der Waals surface area contributed by atoms with Gasteiger partial charge in [0.25, 0.3) is 0 Å². The van der Waals surface area contributed by atoms with Crippen molar-refractivity contribution in [2.24, 2.45) is 0 Å². The molecule has 0 aliphatic heterocycles. The van der Waals surface area contributed by atoms with E-state index in [1.807, 2.05) is 30.3 Å². The van der Waals surface area contributed by atoms with Gasteiger partial charge in [0.05, 0.1) is 12.7 Å². The van der Waals surface area contributed by atoms with Crippen molar-refractivity contribution >= 4 is 11.0 Å². The van der Waals surface area contributed by atoms with Gasteiger partial charge in [0.2, 0.25) is 0 Å². The third-order valence-electron chi connectivity index (χ3n) is 2.97. The molecule has 0 fully saturated rings. The Labute approximate surface area is 110 Å². The van der Waals surface area contributed by atoms with Crippen LogP contribution in [0.3, 0.4) is 0 Å². The molecule has 0 saturated carbocycles. The van der Waals surface area contributed by atoms with E-state index in [4.69, 9.17) is 15.6 Å². The van der Waals surface area contributed by atoms with Crippen molar-refractivity contribution < 1.29 is 9.15 Å². The molecule has 0 unspecified atom stereocenters. The maximum atomic E-state index is 5.82. The molecule has 0 bridgehead atoms. The first-order chi connectivity index (χ1) is 9.31. The second kappa shape index (κ2) is 4.51. The molecule has 2 heterocycles. The van der Waals surface area contributed by atoms with E-state index in [1.54, 1.807) is 19.5 Å². The lowest BCUT2D eigenvalue weighted by atomic mass is 10.1. The lowest BCUT2D eigenvalue weighted by molar-refractivity contribution is 0.415. The smallest absolute Gasteiger partial charge is 0.136 e. The average molecular weight is 249 g/mol. The van der Waals surface area contributed by atoms with Gasteiger partial charge < -0.3 is 9.15 Å².